The molecule has 1 N–H and O–H groups in total. The van der Waals surface area contributed by atoms with E-state index in [4.69, 9.17) is 0 Å². The third kappa shape index (κ3) is 2.57. The summed E-state index contributed by atoms with van der Waals surface area (Å²) in [5, 5.41) is 7.85. The van der Waals surface area contributed by atoms with Crippen molar-refractivity contribution in [2.75, 3.05) is 0 Å². The predicted octanol–water partition coefficient (Wildman–Crippen LogP) is 1.22. The predicted molar refractivity (Wildman–Crippen MR) is 82.4 cm³/mol. The van der Waals surface area contributed by atoms with Gasteiger partial charge >= 0.3 is 0 Å². The maximum atomic E-state index is 12.3. The topological polar surface area (TPSA) is 93.4 Å². The quantitative estimate of drug-likeness (QED) is 0.524. The molecule has 0 aliphatic heterocycles. The number of hydrogen-bond donors (Lipinski definition) is 1. The summed E-state index contributed by atoms with van der Waals surface area (Å²) in [6.07, 6.45) is 1.63. The number of aryl methyl sites for hydroxylation is 1. The molecule has 3 rings (SSSR count). The van der Waals surface area contributed by atoms with Crippen molar-refractivity contribution in [2.24, 2.45) is 18.1 Å². The van der Waals surface area contributed by atoms with Gasteiger partial charge in [0.1, 0.15) is 5.92 Å². The second-order valence-corrected chi connectivity index (χ2v) is 5.28. The largest absolute Gasteiger partial charge is 0.293 e. The average Bonchev–Trinajstić information content (AvgIpc) is 3.08. The Morgan fingerprint density at radius 1 is 1.17 bits per heavy atom. The molecule has 7 nitrogen and oxygen atoms in total. The van der Waals surface area contributed by atoms with E-state index in [0.717, 1.165) is 0 Å². The highest BCUT2D eigenvalue weighted by Crippen LogP contribution is 2.27. The number of hydrogen-bond acceptors (Lipinski definition) is 5. The monoisotopic (exact) mass is 310 g/mol. The number of nitrogens with one attached hydrogen (secondary N) is 1. The Kier molecular flexibility index (Phi) is 3.61. The molecule has 0 bridgehead atoms. The Morgan fingerprint density at radius 3 is 2.30 bits per heavy atom. The number of fused-ring (bicyclic) bond motifs is 1. The number of nitrogens with zero attached hydrogens (tertiary/aromatic N) is 3. The highest BCUT2D eigenvalue weighted by atomic mass is 16.2. The maximum Gasteiger partial charge on any atom is 0.291 e. The van der Waals surface area contributed by atoms with Gasteiger partial charge in [-0.3, -0.25) is 19.1 Å². The zero-order chi connectivity index (χ0) is 16.6. The highest BCUT2D eigenvalue weighted by Gasteiger charge is 2.40. The van der Waals surface area contributed by atoms with Crippen molar-refractivity contribution in [1.29, 1.82) is 0 Å². The summed E-state index contributed by atoms with van der Waals surface area (Å²) in [5.41, 5.74) is 3.57. The third-order valence-electron chi connectivity index (χ3n) is 3.68. The molecule has 0 spiro atoms. The van der Waals surface area contributed by atoms with Crippen LogP contribution in [0.3, 0.4) is 0 Å². The molecular formula is C16H14N4O3. The van der Waals surface area contributed by atoms with Gasteiger partial charge in [-0.05, 0) is 13.0 Å². The van der Waals surface area contributed by atoms with E-state index in [2.05, 4.69) is 15.6 Å². The number of ketones is 2. The first-order chi connectivity index (χ1) is 11.0. The molecule has 1 heterocycles. The molecule has 0 fully saturated rings. The molecule has 1 aliphatic rings. The second-order valence-electron chi connectivity index (χ2n) is 5.28. The zero-order valence-electron chi connectivity index (χ0n) is 12.6. The molecule has 1 aromatic carbocycles. The molecule has 23 heavy (non-hydrogen) atoms. The summed E-state index contributed by atoms with van der Waals surface area (Å²) in [4.78, 5) is 36.6. The highest BCUT2D eigenvalue weighted by molar-refractivity contribution is 6.36. The summed E-state index contributed by atoms with van der Waals surface area (Å²) in [5.74, 6) is -2.06. The Labute approximate surface area is 132 Å². The van der Waals surface area contributed by atoms with Gasteiger partial charge in [0.2, 0.25) is 0 Å². The van der Waals surface area contributed by atoms with Crippen LogP contribution in [-0.2, 0) is 7.05 Å². The molecule has 0 saturated heterocycles. The van der Waals surface area contributed by atoms with Gasteiger partial charge < -0.3 is 0 Å². The van der Waals surface area contributed by atoms with E-state index in [1.165, 1.54) is 4.68 Å². The van der Waals surface area contributed by atoms with Crippen molar-refractivity contribution in [1.82, 2.24) is 15.2 Å². The minimum absolute atomic E-state index is 0.205. The van der Waals surface area contributed by atoms with Gasteiger partial charge in [-0.1, -0.05) is 24.3 Å². The summed E-state index contributed by atoms with van der Waals surface area (Å²) >= 11 is 0. The van der Waals surface area contributed by atoms with Crippen LogP contribution in [0.5, 0.6) is 0 Å². The van der Waals surface area contributed by atoms with Crippen LogP contribution in [0.1, 0.15) is 38.1 Å². The van der Waals surface area contributed by atoms with Crippen LogP contribution < -0.4 is 5.43 Å². The summed E-state index contributed by atoms with van der Waals surface area (Å²) in [6, 6.07) is 8.20. The van der Waals surface area contributed by atoms with Gasteiger partial charge in [0.25, 0.3) is 5.91 Å². The van der Waals surface area contributed by atoms with Crippen LogP contribution in [-0.4, -0.2) is 33.0 Å². The average molecular weight is 310 g/mol. The van der Waals surface area contributed by atoms with Crippen molar-refractivity contribution >= 4 is 23.2 Å². The van der Waals surface area contributed by atoms with Crippen molar-refractivity contribution in [3.05, 3.63) is 53.3 Å². The first-order valence-electron chi connectivity index (χ1n) is 7.00. The van der Waals surface area contributed by atoms with Crippen LogP contribution in [0.4, 0.5) is 0 Å². The number of carbonyl (C=O) groups is 3. The molecule has 0 saturated carbocycles. The summed E-state index contributed by atoms with van der Waals surface area (Å²) in [7, 11) is 1.69. The number of amides is 1. The van der Waals surface area contributed by atoms with Crippen molar-refractivity contribution in [3.63, 3.8) is 0 Å². The Balaban J connectivity index is 1.79. The van der Waals surface area contributed by atoms with Crippen molar-refractivity contribution in [3.8, 4) is 0 Å². The number of benzene rings is 1. The van der Waals surface area contributed by atoms with Crippen LogP contribution in [0, 0.1) is 5.92 Å². The van der Waals surface area contributed by atoms with Crippen LogP contribution >= 0.6 is 0 Å². The molecular weight excluding hydrogens is 296 g/mol. The van der Waals surface area contributed by atoms with E-state index in [9.17, 15) is 14.4 Å². The lowest BCUT2D eigenvalue weighted by Gasteiger charge is -2.06. The molecule has 1 amide bonds. The van der Waals surface area contributed by atoms with Gasteiger partial charge in [-0.15, -0.1) is 0 Å². The Morgan fingerprint density at radius 2 is 1.78 bits per heavy atom. The Hall–Kier alpha value is -3.09. The van der Waals surface area contributed by atoms with Gasteiger partial charge in [-0.25, -0.2) is 5.43 Å². The first-order valence-corrected chi connectivity index (χ1v) is 7.00. The number of aromatic nitrogens is 2. The maximum absolute atomic E-state index is 12.3. The van der Waals surface area contributed by atoms with Gasteiger partial charge in [0.15, 0.2) is 17.3 Å². The third-order valence-corrected chi connectivity index (χ3v) is 3.68. The van der Waals surface area contributed by atoms with E-state index in [1.807, 2.05) is 0 Å². The molecule has 0 unspecified atom stereocenters. The standard InChI is InChI=1S/C16H14N4O3/c1-9(17-18-16(23)12-7-8-20(2)19-12)13-14(21)10-5-3-4-6-11(10)15(13)22/h3-8,13H,1-2H3,(H,18,23)/b17-9+. The minimum Gasteiger partial charge on any atom is -0.293 e. The second kappa shape index (κ2) is 5.60. The van der Waals surface area contributed by atoms with Crippen molar-refractivity contribution in [2.45, 2.75) is 6.92 Å². The van der Waals surface area contributed by atoms with Gasteiger partial charge in [0.05, 0.1) is 5.71 Å². The smallest absolute Gasteiger partial charge is 0.291 e. The fraction of sp³-hybridized carbons (Fsp3) is 0.188. The number of rotatable bonds is 3. The molecule has 2 aromatic rings. The lowest BCUT2D eigenvalue weighted by atomic mass is 9.99. The molecule has 1 aliphatic carbocycles. The Bertz CT molecular complexity index is 816. The van der Waals surface area contributed by atoms with E-state index in [0.29, 0.717) is 11.1 Å². The van der Waals surface area contributed by atoms with Crippen LogP contribution in [0.15, 0.2) is 41.6 Å². The van der Waals surface area contributed by atoms with Gasteiger partial charge in [0, 0.05) is 24.4 Å². The molecule has 0 atom stereocenters. The molecule has 7 heteroatoms. The first kappa shape index (κ1) is 14.8. The summed E-state index contributed by atoms with van der Waals surface area (Å²) in [6.45, 7) is 1.55. The number of hydrazone groups is 1. The summed E-state index contributed by atoms with van der Waals surface area (Å²) < 4.78 is 1.49. The van der Waals surface area contributed by atoms with E-state index < -0.39 is 11.8 Å². The fourth-order valence-corrected chi connectivity index (χ4v) is 2.52. The normalized spacial score (nSPS) is 15.0. The number of Topliss-reactive ketones (excluding diaryl/α,β-unsaturated/α-hetero) is 2. The molecule has 116 valence electrons. The lowest BCUT2D eigenvalue weighted by molar-refractivity contribution is 0.0877. The van der Waals surface area contributed by atoms with E-state index >= 15 is 0 Å². The van der Waals surface area contributed by atoms with Crippen LogP contribution in [0.2, 0.25) is 0 Å². The lowest BCUT2D eigenvalue weighted by Crippen LogP contribution is -2.27. The van der Waals surface area contributed by atoms with E-state index in [1.54, 1.807) is 50.5 Å². The molecule has 0 radical (unpaired) electrons. The van der Waals surface area contributed by atoms with Gasteiger partial charge in [-0.2, -0.15) is 10.2 Å². The SMILES string of the molecule is C/C(=N\NC(=O)c1ccn(C)n1)C1C(=O)c2ccccc2C1=O. The fourth-order valence-electron chi connectivity index (χ4n) is 2.52. The molecule has 1 aromatic heterocycles. The van der Waals surface area contributed by atoms with E-state index in [-0.39, 0.29) is 23.0 Å². The number of carbonyl (C=O) groups excluding carboxylic acids is 3. The van der Waals surface area contributed by atoms with Crippen LogP contribution in [0.25, 0.3) is 0 Å². The zero-order valence-corrected chi connectivity index (χ0v) is 12.6. The van der Waals surface area contributed by atoms with Crippen molar-refractivity contribution < 1.29 is 14.4 Å². The minimum atomic E-state index is -0.976.